The molecule has 2 N–H and O–H groups in total. The second-order valence-corrected chi connectivity index (χ2v) is 8.93. The molecule has 9 heteroatoms. The highest BCUT2D eigenvalue weighted by Crippen LogP contribution is 2.29. The van der Waals surface area contributed by atoms with Crippen LogP contribution >= 0.6 is 15.9 Å². The molecule has 0 aromatic heterocycles. The number of methoxy groups -OCH3 is 1. The molecule has 0 heterocycles. The van der Waals surface area contributed by atoms with Gasteiger partial charge in [0, 0.05) is 11.3 Å². The molecule has 6 nitrogen and oxygen atoms in total. The molecule has 156 valence electrons. The van der Waals surface area contributed by atoms with Crippen molar-refractivity contribution >= 4 is 43.2 Å². The normalized spacial score (nSPS) is 11.1. The van der Waals surface area contributed by atoms with Crippen molar-refractivity contribution in [2.45, 2.75) is 11.8 Å². The number of ether oxygens (including phenoxy) is 1. The van der Waals surface area contributed by atoms with E-state index in [0.29, 0.717) is 27.2 Å². The van der Waals surface area contributed by atoms with Gasteiger partial charge in [0.05, 0.1) is 22.2 Å². The van der Waals surface area contributed by atoms with Gasteiger partial charge in [0.25, 0.3) is 15.9 Å². The van der Waals surface area contributed by atoms with Crippen molar-refractivity contribution in [2.24, 2.45) is 0 Å². The summed E-state index contributed by atoms with van der Waals surface area (Å²) >= 11 is 3.31. The number of amides is 1. The zero-order chi connectivity index (χ0) is 21.9. The average molecular weight is 493 g/mol. The Hall–Kier alpha value is -2.91. The SMILES string of the molecule is COc1ccc(NS(=O)(=O)c2cccc(C(=O)Nc3ccc(F)cc3C)c2)cc1Br. The van der Waals surface area contributed by atoms with Gasteiger partial charge in [-0.05, 0) is 83.0 Å². The molecule has 0 unspecified atom stereocenters. The Labute approximate surface area is 182 Å². The summed E-state index contributed by atoms with van der Waals surface area (Å²) < 4.78 is 47.0. The molecule has 0 aliphatic heterocycles. The van der Waals surface area contributed by atoms with Crippen LogP contribution in [-0.2, 0) is 10.0 Å². The number of nitrogens with one attached hydrogen (secondary N) is 2. The summed E-state index contributed by atoms with van der Waals surface area (Å²) in [4.78, 5) is 12.5. The first-order chi connectivity index (χ1) is 14.2. The maximum Gasteiger partial charge on any atom is 0.261 e. The molecule has 0 bridgehead atoms. The Morgan fingerprint density at radius 3 is 2.50 bits per heavy atom. The lowest BCUT2D eigenvalue weighted by molar-refractivity contribution is 0.102. The highest BCUT2D eigenvalue weighted by atomic mass is 79.9. The van der Waals surface area contributed by atoms with Gasteiger partial charge in [0.1, 0.15) is 11.6 Å². The Morgan fingerprint density at radius 1 is 1.07 bits per heavy atom. The number of halogens is 2. The van der Waals surface area contributed by atoms with E-state index in [1.165, 1.54) is 49.6 Å². The molecule has 3 aromatic rings. The van der Waals surface area contributed by atoms with Crippen LogP contribution in [-0.4, -0.2) is 21.4 Å². The molecule has 0 saturated carbocycles. The van der Waals surface area contributed by atoms with E-state index < -0.39 is 21.7 Å². The summed E-state index contributed by atoms with van der Waals surface area (Å²) in [5, 5.41) is 2.66. The molecular formula is C21H18BrFN2O4S. The fourth-order valence-electron chi connectivity index (χ4n) is 2.71. The van der Waals surface area contributed by atoms with Crippen LogP contribution in [0.4, 0.5) is 15.8 Å². The molecule has 0 atom stereocenters. The maximum atomic E-state index is 13.2. The van der Waals surface area contributed by atoms with Crippen molar-refractivity contribution in [2.75, 3.05) is 17.1 Å². The van der Waals surface area contributed by atoms with Crippen molar-refractivity contribution in [3.63, 3.8) is 0 Å². The standard InChI is InChI=1S/C21H18BrFN2O4S/c1-13-10-15(23)6-8-19(13)24-21(26)14-4-3-5-17(11-14)30(27,28)25-16-7-9-20(29-2)18(22)12-16/h3-12,25H,1-2H3,(H,24,26). The summed E-state index contributed by atoms with van der Waals surface area (Å²) in [6, 6.07) is 14.4. The highest BCUT2D eigenvalue weighted by molar-refractivity contribution is 9.10. The van der Waals surface area contributed by atoms with Crippen LogP contribution in [0, 0.1) is 12.7 Å². The molecule has 30 heavy (non-hydrogen) atoms. The Morgan fingerprint density at radius 2 is 1.83 bits per heavy atom. The first-order valence-corrected chi connectivity index (χ1v) is 11.0. The third-order valence-corrected chi connectivity index (χ3v) is 6.25. The summed E-state index contributed by atoms with van der Waals surface area (Å²) in [5.41, 5.74) is 1.48. The van der Waals surface area contributed by atoms with Crippen LogP contribution in [0.25, 0.3) is 0 Å². The van der Waals surface area contributed by atoms with E-state index in [1.54, 1.807) is 25.1 Å². The van der Waals surface area contributed by atoms with E-state index in [9.17, 15) is 17.6 Å². The average Bonchev–Trinajstić information content (AvgIpc) is 2.70. The lowest BCUT2D eigenvalue weighted by Crippen LogP contribution is -2.16. The summed E-state index contributed by atoms with van der Waals surface area (Å²) in [5.74, 6) is -0.350. The van der Waals surface area contributed by atoms with E-state index in [2.05, 4.69) is 26.0 Å². The van der Waals surface area contributed by atoms with Gasteiger partial charge in [0.15, 0.2) is 0 Å². The smallest absolute Gasteiger partial charge is 0.261 e. The number of hydrogen-bond acceptors (Lipinski definition) is 4. The molecule has 0 spiro atoms. The number of hydrogen-bond donors (Lipinski definition) is 2. The predicted octanol–water partition coefficient (Wildman–Crippen LogP) is 4.96. The minimum atomic E-state index is -3.93. The topological polar surface area (TPSA) is 84.5 Å². The predicted molar refractivity (Wildman–Crippen MR) is 117 cm³/mol. The first-order valence-electron chi connectivity index (χ1n) is 8.73. The van der Waals surface area contributed by atoms with E-state index in [1.807, 2.05) is 0 Å². The number of rotatable bonds is 6. The zero-order valence-electron chi connectivity index (χ0n) is 16.1. The molecule has 3 rings (SSSR count). The van der Waals surface area contributed by atoms with Crippen LogP contribution in [0.15, 0.2) is 70.0 Å². The van der Waals surface area contributed by atoms with Crippen molar-refractivity contribution < 1.29 is 22.3 Å². The van der Waals surface area contributed by atoms with Crippen molar-refractivity contribution in [3.8, 4) is 5.75 Å². The summed E-state index contributed by atoms with van der Waals surface area (Å²) in [7, 11) is -2.43. The fraction of sp³-hybridized carbons (Fsp3) is 0.0952. The minimum Gasteiger partial charge on any atom is -0.496 e. The van der Waals surface area contributed by atoms with Crippen molar-refractivity contribution in [1.29, 1.82) is 0 Å². The van der Waals surface area contributed by atoms with Gasteiger partial charge in [-0.2, -0.15) is 0 Å². The third-order valence-electron chi connectivity index (χ3n) is 4.25. The quantitative estimate of drug-likeness (QED) is 0.509. The van der Waals surface area contributed by atoms with Crippen LogP contribution in [0.1, 0.15) is 15.9 Å². The lowest BCUT2D eigenvalue weighted by Gasteiger charge is -2.12. The van der Waals surface area contributed by atoms with E-state index in [0.717, 1.165) is 0 Å². The van der Waals surface area contributed by atoms with Gasteiger partial charge in [0.2, 0.25) is 0 Å². The molecule has 1 amide bonds. The van der Waals surface area contributed by atoms with E-state index in [-0.39, 0.29) is 10.5 Å². The van der Waals surface area contributed by atoms with Crippen LogP contribution in [0.3, 0.4) is 0 Å². The molecule has 0 radical (unpaired) electrons. The van der Waals surface area contributed by atoms with Gasteiger partial charge in [-0.15, -0.1) is 0 Å². The van der Waals surface area contributed by atoms with Gasteiger partial charge in [-0.1, -0.05) is 6.07 Å². The fourth-order valence-corrected chi connectivity index (χ4v) is 4.35. The molecule has 0 saturated heterocycles. The Balaban J connectivity index is 1.82. The number of carbonyl (C=O) groups excluding carboxylic acids is 1. The van der Waals surface area contributed by atoms with E-state index >= 15 is 0 Å². The van der Waals surface area contributed by atoms with Crippen LogP contribution < -0.4 is 14.8 Å². The largest absolute Gasteiger partial charge is 0.496 e. The van der Waals surface area contributed by atoms with Gasteiger partial charge >= 0.3 is 0 Å². The van der Waals surface area contributed by atoms with Gasteiger partial charge in [-0.3, -0.25) is 9.52 Å². The maximum absolute atomic E-state index is 13.2. The van der Waals surface area contributed by atoms with Crippen LogP contribution in [0.2, 0.25) is 0 Å². The number of aryl methyl sites for hydroxylation is 1. The number of sulfonamides is 1. The second-order valence-electron chi connectivity index (χ2n) is 6.40. The van der Waals surface area contributed by atoms with Crippen LogP contribution in [0.5, 0.6) is 5.75 Å². The minimum absolute atomic E-state index is 0.0714. The van der Waals surface area contributed by atoms with Gasteiger partial charge in [-0.25, -0.2) is 12.8 Å². The lowest BCUT2D eigenvalue weighted by atomic mass is 10.1. The Kier molecular flexibility index (Phi) is 6.42. The van der Waals surface area contributed by atoms with Crippen molar-refractivity contribution in [1.82, 2.24) is 0 Å². The molecule has 3 aromatic carbocycles. The molecule has 0 aliphatic rings. The molecule has 0 fully saturated rings. The zero-order valence-corrected chi connectivity index (χ0v) is 18.5. The van der Waals surface area contributed by atoms with Crippen molar-refractivity contribution in [3.05, 3.63) is 82.1 Å². The molecular weight excluding hydrogens is 475 g/mol. The Bertz CT molecular complexity index is 1220. The van der Waals surface area contributed by atoms with E-state index in [4.69, 9.17) is 4.74 Å². The summed E-state index contributed by atoms with van der Waals surface area (Å²) in [6.45, 7) is 1.66. The van der Waals surface area contributed by atoms with Gasteiger partial charge < -0.3 is 10.1 Å². The highest BCUT2D eigenvalue weighted by Gasteiger charge is 2.18. The molecule has 0 aliphatic carbocycles. The second kappa shape index (κ2) is 8.85. The third kappa shape index (κ3) is 4.98. The monoisotopic (exact) mass is 492 g/mol. The number of benzene rings is 3. The first kappa shape index (κ1) is 21.8. The summed E-state index contributed by atoms with van der Waals surface area (Å²) in [6.07, 6.45) is 0. The number of anilines is 2. The number of carbonyl (C=O) groups is 1.